The van der Waals surface area contributed by atoms with Crippen LogP contribution in [-0.2, 0) is 14.8 Å². The quantitative estimate of drug-likeness (QED) is 0.339. The Labute approximate surface area is 203 Å². The van der Waals surface area contributed by atoms with Crippen molar-refractivity contribution in [2.75, 3.05) is 24.6 Å². The molecule has 0 bridgehead atoms. The lowest BCUT2D eigenvalue weighted by Crippen LogP contribution is -2.37. The maximum absolute atomic E-state index is 13.6. The van der Waals surface area contributed by atoms with Crippen molar-refractivity contribution >= 4 is 38.5 Å². The average Bonchev–Trinajstić information content (AvgIpc) is 3.27. The Hall–Kier alpha value is -4.11. The zero-order valence-electron chi connectivity index (χ0n) is 19.2. The molecule has 0 spiro atoms. The molecule has 4 aromatic rings. The van der Waals surface area contributed by atoms with Crippen molar-refractivity contribution in [1.82, 2.24) is 4.57 Å². The molecule has 1 heterocycles. The SMILES string of the molecule is CCOc1ccc(S(=O)(=O)N(CC(=O)n2cc(C(=O)OC)c3ccccc32)c2ccccc2)cc1. The molecule has 0 fully saturated rings. The van der Waals surface area contributed by atoms with Gasteiger partial charge in [0.05, 0.1) is 35.4 Å². The van der Waals surface area contributed by atoms with Crippen LogP contribution in [0.15, 0.2) is 90.0 Å². The van der Waals surface area contributed by atoms with Gasteiger partial charge in [-0.2, -0.15) is 0 Å². The number of hydrogen-bond donors (Lipinski definition) is 0. The molecule has 180 valence electrons. The number of aromatic nitrogens is 1. The van der Waals surface area contributed by atoms with Crippen LogP contribution in [-0.4, -0.2) is 45.1 Å². The molecule has 0 unspecified atom stereocenters. The molecule has 1 aromatic heterocycles. The van der Waals surface area contributed by atoms with Crippen LogP contribution in [0.5, 0.6) is 5.75 Å². The van der Waals surface area contributed by atoms with E-state index in [1.54, 1.807) is 66.7 Å². The van der Waals surface area contributed by atoms with E-state index in [0.717, 1.165) is 4.31 Å². The summed E-state index contributed by atoms with van der Waals surface area (Å²) in [4.78, 5) is 25.7. The minimum atomic E-state index is -4.10. The number of carbonyl (C=O) groups excluding carboxylic acids is 2. The Morgan fingerprint density at radius 1 is 0.914 bits per heavy atom. The third kappa shape index (κ3) is 4.76. The molecule has 0 atom stereocenters. The molecule has 0 saturated heterocycles. The molecule has 0 aliphatic carbocycles. The third-order valence-corrected chi connectivity index (χ3v) is 7.22. The largest absolute Gasteiger partial charge is 0.494 e. The summed E-state index contributed by atoms with van der Waals surface area (Å²) in [6, 6.07) is 21.3. The summed E-state index contributed by atoms with van der Waals surface area (Å²) in [6.45, 7) is 1.80. The number of rotatable bonds is 8. The first-order valence-electron chi connectivity index (χ1n) is 10.9. The molecule has 0 amide bonds. The highest BCUT2D eigenvalue weighted by Gasteiger charge is 2.29. The number of methoxy groups -OCH3 is 1. The topological polar surface area (TPSA) is 94.9 Å². The van der Waals surface area contributed by atoms with E-state index in [0.29, 0.717) is 28.9 Å². The fraction of sp³-hybridized carbons (Fsp3) is 0.154. The molecule has 3 aromatic carbocycles. The lowest BCUT2D eigenvalue weighted by Gasteiger charge is -2.24. The number of para-hydroxylation sites is 2. The van der Waals surface area contributed by atoms with Crippen LogP contribution < -0.4 is 9.04 Å². The minimum absolute atomic E-state index is 0.0187. The Morgan fingerprint density at radius 3 is 2.23 bits per heavy atom. The van der Waals surface area contributed by atoms with Crippen LogP contribution >= 0.6 is 0 Å². The molecule has 4 rings (SSSR count). The molecule has 8 nitrogen and oxygen atoms in total. The number of sulfonamides is 1. The summed E-state index contributed by atoms with van der Waals surface area (Å²) in [7, 11) is -2.84. The summed E-state index contributed by atoms with van der Waals surface area (Å²) in [5.74, 6) is -0.577. The normalized spacial score (nSPS) is 11.3. The van der Waals surface area contributed by atoms with Gasteiger partial charge in [-0.25, -0.2) is 13.2 Å². The number of benzene rings is 3. The maximum Gasteiger partial charge on any atom is 0.340 e. The van der Waals surface area contributed by atoms with Gasteiger partial charge in [-0.15, -0.1) is 0 Å². The van der Waals surface area contributed by atoms with Gasteiger partial charge in [0, 0.05) is 11.6 Å². The Bertz CT molecular complexity index is 1460. The molecule has 9 heteroatoms. The van der Waals surface area contributed by atoms with Gasteiger partial charge in [-0.05, 0) is 49.4 Å². The number of ether oxygens (including phenoxy) is 2. The third-order valence-electron chi connectivity index (χ3n) is 5.43. The van der Waals surface area contributed by atoms with E-state index in [-0.39, 0.29) is 10.5 Å². The zero-order chi connectivity index (χ0) is 25.0. The second-order valence-electron chi connectivity index (χ2n) is 7.57. The van der Waals surface area contributed by atoms with Gasteiger partial charge in [-0.1, -0.05) is 36.4 Å². The highest BCUT2D eigenvalue weighted by atomic mass is 32.2. The predicted octanol–water partition coefficient (Wildman–Crippen LogP) is 4.36. The molecular weight excluding hydrogens is 468 g/mol. The van der Waals surface area contributed by atoms with Crippen LogP contribution in [0.4, 0.5) is 5.69 Å². The number of nitrogens with zero attached hydrogens (tertiary/aromatic N) is 2. The molecule has 0 saturated carbocycles. The van der Waals surface area contributed by atoms with E-state index in [4.69, 9.17) is 9.47 Å². The Morgan fingerprint density at radius 2 is 1.57 bits per heavy atom. The highest BCUT2D eigenvalue weighted by Crippen LogP contribution is 2.27. The molecular formula is C26H24N2O6S. The van der Waals surface area contributed by atoms with Crippen LogP contribution in [0.25, 0.3) is 10.9 Å². The minimum Gasteiger partial charge on any atom is -0.494 e. The van der Waals surface area contributed by atoms with Gasteiger partial charge in [0.25, 0.3) is 15.9 Å². The van der Waals surface area contributed by atoms with E-state index < -0.39 is 28.4 Å². The number of hydrogen-bond acceptors (Lipinski definition) is 6. The van der Waals surface area contributed by atoms with E-state index >= 15 is 0 Å². The van der Waals surface area contributed by atoms with Crippen molar-refractivity contribution in [2.24, 2.45) is 0 Å². The maximum atomic E-state index is 13.6. The molecule has 0 aliphatic heterocycles. The number of esters is 1. The Balaban J connectivity index is 1.76. The second kappa shape index (κ2) is 10.0. The van der Waals surface area contributed by atoms with E-state index in [2.05, 4.69) is 0 Å². The summed E-state index contributed by atoms with van der Waals surface area (Å²) in [5.41, 5.74) is 1.03. The van der Waals surface area contributed by atoms with Crippen molar-refractivity contribution < 1.29 is 27.5 Å². The first-order chi connectivity index (χ1) is 16.9. The molecule has 35 heavy (non-hydrogen) atoms. The first-order valence-corrected chi connectivity index (χ1v) is 12.3. The fourth-order valence-corrected chi connectivity index (χ4v) is 5.18. The predicted molar refractivity (Wildman–Crippen MR) is 132 cm³/mol. The summed E-state index contributed by atoms with van der Waals surface area (Å²) < 4.78 is 39.9. The van der Waals surface area contributed by atoms with E-state index in [9.17, 15) is 18.0 Å². The first kappa shape index (κ1) is 24.0. The summed E-state index contributed by atoms with van der Waals surface area (Å²) in [6.07, 6.45) is 1.38. The van der Waals surface area contributed by atoms with Gasteiger partial charge in [0.2, 0.25) is 0 Å². The highest BCUT2D eigenvalue weighted by molar-refractivity contribution is 7.92. The van der Waals surface area contributed by atoms with E-state index in [1.165, 1.54) is 30.0 Å². The van der Waals surface area contributed by atoms with Crippen LogP contribution in [0.2, 0.25) is 0 Å². The van der Waals surface area contributed by atoms with Crippen LogP contribution in [0.1, 0.15) is 22.1 Å². The van der Waals surface area contributed by atoms with Crippen molar-refractivity contribution in [1.29, 1.82) is 0 Å². The average molecular weight is 493 g/mol. The van der Waals surface area contributed by atoms with Crippen molar-refractivity contribution in [3.63, 3.8) is 0 Å². The number of anilines is 1. The van der Waals surface area contributed by atoms with Crippen molar-refractivity contribution in [3.8, 4) is 5.75 Å². The van der Waals surface area contributed by atoms with Gasteiger partial charge in [-0.3, -0.25) is 13.7 Å². The van der Waals surface area contributed by atoms with Crippen molar-refractivity contribution in [3.05, 3.63) is 90.6 Å². The van der Waals surface area contributed by atoms with Crippen LogP contribution in [0.3, 0.4) is 0 Å². The van der Waals surface area contributed by atoms with Gasteiger partial charge in [0.15, 0.2) is 0 Å². The zero-order valence-corrected chi connectivity index (χ0v) is 20.1. The number of fused-ring (bicyclic) bond motifs is 1. The van der Waals surface area contributed by atoms with E-state index in [1.807, 2.05) is 6.92 Å². The lowest BCUT2D eigenvalue weighted by atomic mass is 10.2. The van der Waals surface area contributed by atoms with Crippen LogP contribution in [0, 0.1) is 0 Å². The molecule has 0 aliphatic rings. The second-order valence-corrected chi connectivity index (χ2v) is 9.43. The fourth-order valence-electron chi connectivity index (χ4n) is 3.77. The smallest absolute Gasteiger partial charge is 0.340 e. The molecule has 0 N–H and O–H groups in total. The monoisotopic (exact) mass is 492 g/mol. The summed E-state index contributed by atoms with van der Waals surface area (Å²) >= 11 is 0. The summed E-state index contributed by atoms with van der Waals surface area (Å²) in [5, 5.41) is 0.535. The lowest BCUT2D eigenvalue weighted by molar-refractivity contribution is 0.0603. The van der Waals surface area contributed by atoms with Gasteiger partial charge in [0.1, 0.15) is 12.3 Å². The number of carbonyl (C=O) groups is 2. The Kier molecular flexibility index (Phi) is 6.88. The van der Waals surface area contributed by atoms with Crippen molar-refractivity contribution in [2.45, 2.75) is 11.8 Å². The molecule has 0 radical (unpaired) electrons. The van der Waals surface area contributed by atoms with Gasteiger partial charge >= 0.3 is 5.97 Å². The van der Waals surface area contributed by atoms with Gasteiger partial charge < -0.3 is 9.47 Å². The standard InChI is InChI=1S/C26H24N2O6S/c1-3-34-20-13-15-21(16-14-20)35(31,32)28(19-9-5-4-6-10-19)18-25(29)27-17-23(26(30)33-2)22-11-7-8-12-24(22)27/h4-17H,3,18H2,1-2H3.